The number of nitrogens with zero attached hydrogens (tertiary/aromatic N) is 2. The highest BCUT2D eigenvalue weighted by molar-refractivity contribution is 5.81. The number of hydrogen-bond donors (Lipinski definition) is 2. The molecule has 1 aliphatic heterocycles. The van der Waals surface area contributed by atoms with E-state index in [0.29, 0.717) is 6.04 Å². The first kappa shape index (κ1) is 16.7. The molecule has 2 rings (SSSR count). The highest BCUT2D eigenvalue weighted by atomic mass is 16.2. The van der Waals surface area contributed by atoms with E-state index in [-0.39, 0.29) is 11.9 Å². The Balaban J connectivity index is 1.76. The molecule has 2 fully saturated rings. The summed E-state index contributed by atoms with van der Waals surface area (Å²) in [6.07, 6.45) is 7.05. The number of rotatable bonds is 6. The molecule has 1 aliphatic carbocycles. The molecule has 0 aromatic carbocycles. The van der Waals surface area contributed by atoms with Gasteiger partial charge in [0, 0.05) is 25.7 Å². The Hall–Kier alpha value is -0.650. The van der Waals surface area contributed by atoms with E-state index in [4.69, 9.17) is 5.73 Å². The van der Waals surface area contributed by atoms with Crippen molar-refractivity contribution in [2.24, 2.45) is 5.73 Å². The second-order valence-corrected chi connectivity index (χ2v) is 6.54. The lowest BCUT2D eigenvalue weighted by molar-refractivity contribution is -0.126. The summed E-state index contributed by atoms with van der Waals surface area (Å²) in [5.74, 6) is 0.220. The van der Waals surface area contributed by atoms with Gasteiger partial charge in [-0.1, -0.05) is 12.8 Å². The average Bonchev–Trinajstić information content (AvgIpc) is 2.88. The molecule has 21 heavy (non-hydrogen) atoms. The van der Waals surface area contributed by atoms with E-state index in [2.05, 4.69) is 22.0 Å². The van der Waals surface area contributed by atoms with Crippen LogP contribution in [0.3, 0.4) is 0 Å². The molecule has 0 aromatic heterocycles. The zero-order valence-corrected chi connectivity index (χ0v) is 13.5. The van der Waals surface area contributed by atoms with Crippen LogP contribution in [0, 0.1) is 0 Å². The van der Waals surface area contributed by atoms with Gasteiger partial charge in [-0.3, -0.25) is 9.69 Å². The van der Waals surface area contributed by atoms with Crippen LogP contribution in [-0.4, -0.2) is 67.1 Å². The van der Waals surface area contributed by atoms with Crippen molar-refractivity contribution in [3.8, 4) is 0 Å². The third-order valence-corrected chi connectivity index (χ3v) is 4.93. The van der Waals surface area contributed by atoms with E-state index in [9.17, 15) is 4.79 Å². The normalized spacial score (nSPS) is 23.9. The SMILES string of the molecule is CC(C(=O)NC1CCCC1)N1CCCN(CCCN)CC1. The van der Waals surface area contributed by atoms with Crippen molar-refractivity contribution in [3.05, 3.63) is 0 Å². The first-order chi connectivity index (χ1) is 10.2. The van der Waals surface area contributed by atoms with Gasteiger partial charge in [-0.05, 0) is 52.2 Å². The molecule has 1 saturated heterocycles. The van der Waals surface area contributed by atoms with E-state index in [1.807, 2.05) is 0 Å². The predicted molar refractivity (Wildman–Crippen MR) is 86.2 cm³/mol. The number of nitrogens with two attached hydrogens (primary N) is 1. The van der Waals surface area contributed by atoms with Gasteiger partial charge in [0.25, 0.3) is 0 Å². The Kier molecular flexibility index (Phi) is 6.93. The van der Waals surface area contributed by atoms with Crippen LogP contribution >= 0.6 is 0 Å². The Bertz CT molecular complexity index is 317. The summed E-state index contributed by atoms with van der Waals surface area (Å²) in [7, 11) is 0. The van der Waals surface area contributed by atoms with Gasteiger partial charge in [0.05, 0.1) is 6.04 Å². The molecule has 1 amide bonds. The van der Waals surface area contributed by atoms with Gasteiger partial charge in [0.2, 0.25) is 5.91 Å². The minimum Gasteiger partial charge on any atom is -0.352 e. The van der Waals surface area contributed by atoms with Crippen LogP contribution < -0.4 is 11.1 Å². The fourth-order valence-electron chi connectivity index (χ4n) is 3.47. The minimum absolute atomic E-state index is 0.0000541. The Morgan fingerprint density at radius 3 is 2.67 bits per heavy atom. The molecule has 5 nitrogen and oxygen atoms in total. The van der Waals surface area contributed by atoms with Crippen LogP contribution in [0.15, 0.2) is 0 Å². The second kappa shape index (κ2) is 8.71. The van der Waals surface area contributed by atoms with Crippen LogP contribution in [0.1, 0.15) is 45.4 Å². The quantitative estimate of drug-likeness (QED) is 0.761. The number of amides is 1. The van der Waals surface area contributed by atoms with Crippen LogP contribution in [0.25, 0.3) is 0 Å². The first-order valence-corrected chi connectivity index (χ1v) is 8.67. The molecule has 2 aliphatic rings. The second-order valence-electron chi connectivity index (χ2n) is 6.54. The smallest absolute Gasteiger partial charge is 0.237 e. The van der Waals surface area contributed by atoms with Gasteiger partial charge in [-0.25, -0.2) is 0 Å². The van der Waals surface area contributed by atoms with Crippen molar-refractivity contribution >= 4 is 5.91 Å². The van der Waals surface area contributed by atoms with Crippen molar-refractivity contribution in [3.63, 3.8) is 0 Å². The average molecular weight is 296 g/mol. The fraction of sp³-hybridized carbons (Fsp3) is 0.938. The summed E-state index contributed by atoms with van der Waals surface area (Å²) in [4.78, 5) is 17.2. The highest BCUT2D eigenvalue weighted by Gasteiger charge is 2.26. The van der Waals surface area contributed by atoms with Crippen molar-refractivity contribution in [1.29, 1.82) is 0 Å². The zero-order valence-electron chi connectivity index (χ0n) is 13.5. The summed E-state index contributed by atoms with van der Waals surface area (Å²) in [6.45, 7) is 8.12. The number of carbonyl (C=O) groups excluding carboxylic acids is 1. The van der Waals surface area contributed by atoms with Gasteiger partial charge in [-0.2, -0.15) is 0 Å². The van der Waals surface area contributed by atoms with Gasteiger partial charge >= 0.3 is 0 Å². The molecule has 0 bridgehead atoms. The third kappa shape index (κ3) is 5.24. The van der Waals surface area contributed by atoms with Crippen molar-refractivity contribution < 1.29 is 4.79 Å². The molecule has 1 heterocycles. The maximum atomic E-state index is 12.4. The van der Waals surface area contributed by atoms with Gasteiger partial charge in [-0.15, -0.1) is 0 Å². The van der Waals surface area contributed by atoms with E-state index in [1.165, 1.54) is 12.8 Å². The Morgan fingerprint density at radius 1 is 1.19 bits per heavy atom. The zero-order chi connectivity index (χ0) is 15.1. The Labute approximate surface area is 129 Å². The number of nitrogens with one attached hydrogen (secondary N) is 1. The van der Waals surface area contributed by atoms with Crippen molar-refractivity contribution in [2.45, 2.75) is 57.5 Å². The maximum absolute atomic E-state index is 12.4. The van der Waals surface area contributed by atoms with Gasteiger partial charge < -0.3 is 16.0 Å². The number of carbonyl (C=O) groups is 1. The van der Waals surface area contributed by atoms with Crippen LogP contribution in [0.5, 0.6) is 0 Å². The summed E-state index contributed by atoms with van der Waals surface area (Å²) in [6, 6.07) is 0.424. The first-order valence-electron chi connectivity index (χ1n) is 8.67. The summed E-state index contributed by atoms with van der Waals surface area (Å²) < 4.78 is 0. The summed E-state index contributed by atoms with van der Waals surface area (Å²) >= 11 is 0. The van der Waals surface area contributed by atoms with Gasteiger partial charge in [0.15, 0.2) is 0 Å². The molecule has 0 radical (unpaired) electrons. The molecule has 0 aromatic rings. The molecule has 1 saturated carbocycles. The molecule has 1 atom stereocenters. The topological polar surface area (TPSA) is 61.6 Å². The van der Waals surface area contributed by atoms with E-state index >= 15 is 0 Å². The van der Waals surface area contributed by atoms with E-state index in [1.54, 1.807) is 0 Å². The standard InChI is InChI=1S/C16H32N4O/c1-14(16(21)18-15-6-2-3-7-15)20-11-5-10-19(12-13-20)9-4-8-17/h14-15H,2-13,17H2,1H3,(H,18,21). The molecule has 5 heteroatoms. The molecule has 122 valence electrons. The lowest BCUT2D eigenvalue weighted by Crippen LogP contribution is -2.48. The largest absolute Gasteiger partial charge is 0.352 e. The highest BCUT2D eigenvalue weighted by Crippen LogP contribution is 2.18. The monoisotopic (exact) mass is 296 g/mol. The fourth-order valence-corrected chi connectivity index (χ4v) is 3.47. The van der Waals surface area contributed by atoms with E-state index < -0.39 is 0 Å². The molecular formula is C16H32N4O. The van der Waals surface area contributed by atoms with E-state index in [0.717, 1.165) is 65.0 Å². The number of hydrogen-bond acceptors (Lipinski definition) is 4. The van der Waals surface area contributed by atoms with Crippen molar-refractivity contribution in [1.82, 2.24) is 15.1 Å². The predicted octanol–water partition coefficient (Wildman–Crippen LogP) is 0.790. The molecule has 3 N–H and O–H groups in total. The minimum atomic E-state index is 0.0000541. The molecular weight excluding hydrogens is 264 g/mol. The molecule has 1 unspecified atom stereocenters. The van der Waals surface area contributed by atoms with Crippen molar-refractivity contribution in [2.75, 3.05) is 39.3 Å². The maximum Gasteiger partial charge on any atom is 0.237 e. The molecule has 0 spiro atoms. The van der Waals surface area contributed by atoms with Gasteiger partial charge in [0.1, 0.15) is 0 Å². The lowest BCUT2D eigenvalue weighted by atomic mass is 10.2. The van der Waals surface area contributed by atoms with Crippen LogP contribution in [0.2, 0.25) is 0 Å². The lowest BCUT2D eigenvalue weighted by Gasteiger charge is -2.28. The summed E-state index contributed by atoms with van der Waals surface area (Å²) in [5.41, 5.74) is 5.59. The van der Waals surface area contributed by atoms with Crippen LogP contribution in [-0.2, 0) is 4.79 Å². The third-order valence-electron chi connectivity index (χ3n) is 4.93. The Morgan fingerprint density at radius 2 is 1.95 bits per heavy atom. The van der Waals surface area contributed by atoms with Crippen LogP contribution in [0.4, 0.5) is 0 Å². The summed E-state index contributed by atoms with van der Waals surface area (Å²) in [5, 5.41) is 3.23.